The Labute approximate surface area is 148 Å². The summed E-state index contributed by atoms with van der Waals surface area (Å²) in [5, 5.41) is 12.8. The van der Waals surface area contributed by atoms with E-state index >= 15 is 0 Å². The number of benzene rings is 1. The van der Waals surface area contributed by atoms with Gasteiger partial charge in [-0.15, -0.1) is 0 Å². The molecular formula is C19H26N4O2. The van der Waals surface area contributed by atoms with Crippen LogP contribution in [0.1, 0.15) is 35.8 Å². The number of carbonyl (C=O) groups is 1. The molecule has 1 aliphatic heterocycles. The normalized spacial score (nSPS) is 16.6. The summed E-state index contributed by atoms with van der Waals surface area (Å²) in [5.41, 5.74) is 2.28. The van der Waals surface area contributed by atoms with Gasteiger partial charge >= 0.3 is 6.03 Å². The first-order valence-electron chi connectivity index (χ1n) is 8.91. The van der Waals surface area contributed by atoms with Crippen molar-refractivity contribution in [3.8, 4) is 0 Å². The maximum atomic E-state index is 12.5. The van der Waals surface area contributed by atoms with Crippen molar-refractivity contribution in [2.24, 2.45) is 0 Å². The van der Waals surface area contributed by atoms with Crippen molar-refractivity contribution in [2.45, 2.75) is 38.8 Å². The Morgan fingerprint density at radius 2 is 2.20 bits per heavy atom. The summed E-state index contributed by atoms with van der Waals surface area (Å²) in [6, 6.07) is 7.70. The fourth-order valence-electron chi connectivity index (χ4n) is 3.44. The van der Waals surface area contributed by atoms with Crippen LogP contribution >= 0.6 is 0 Å². The molecule has 6 heteroatoms. The van der Waals surface area contributed by atoms with Gasteiger partial charge in [-0.05, 0) is 37.3 Å². The number of fused-ring (bicyclic) bond motifs is 1. The number of nitrogens with one attached hydrogen (secondary N) is 1. The molecule has 1 aromatic carbocycles. The number of imidazole rings is 1. The lowest BCUT2D eigenvalue weighted by Gasteiger charge is -2.36. The second-order valence-corrected chi connectivity index (χ2v) is 6.45. The molecule has 3 rings (SSSR count). The third-order valence-electron chi connectivity index (χ3n) is 4.87. The topological polar surface area (TPSA) is 70.4 Å². The Kier molecular flexibility index (Phi) is 5.71. The van der Waals surface area contributed by atoms with Crippen LogP contribution in [0, 0.1) is 6.92 Å². The number of aromatic nitrogens is 2. The molecule has 0 saturated carbocycles. The Balaban J connectivity index is 1.47. The molecule has 2 aromatic rings. The number of urea groups is 1. The highest BCUT2D eigenvalue weighted by molar-refractivity contribution is 5.75. The van der Waals surface area contributed by atoms with Gasteiger partial charge in [0.15, 0.2) is 0 Å². The number of carbonyl (C=O) groups excluding carboxylic acids is 1. The second-order valence-electron chi connectivity index (χ2n) is 6.45. The van der Waals surface area contributed by atoms with Crippen molar-refractivity contribution in [1.82, 2.24) is 19.8 Å². The van der Waals surface area contributed by atoms with Crippen LogP contribution in [0.25, 0.3) is 0 Å². The predicted molar refractivity (Wildman–Crippen MR) is 96.3 cm³/mol. The summed E-state index contributed by atoms with van der Waals surface area (Å²) in [6.45, 7) is 4.14. The van der Waals surface area contributed by atoms with Gasteiger partial charge in [0.05, 0.1) is 12.6 Å². The number of unbranched alkanes of at least 4 members (excludes halogenated alkanes) is 1. The fraction of sp³-hybridized carbons (Fsp3) is 0.474. The molecule has 25 heavy (non-hydrogen) atoms. The average Bonchev–Trinajstić information content (AvgIpc) is 3.05. The van der Waals surface area contributed by atoms with Gasteiger partial charge in [-0.1, -0.05) is 24.3 Å². The van der Waals surface area contributed by atoms with E-state index in [9.17, 15) is 9.90 Å². The zero-order chi connectivity index (χ0) is 17.6. The Morgan fingerprint density at radius 3 is 2.96 bits per heavy atom. The number of aryl methyl sites for hydroxylation is 2. The maximum absolute atomic E-state index is 12.5. The molecule has 6 nitrogen and oxygen atoms in total. The largest absolute Gasteiger partial charge is 0.394 e. The van der Waals surface area contributed by atoms with Gasteiger partial charge in [0.2, 0.25) is 0 Å². The highest BCUT2D eigenvalue weighted by Crippen LogP contribution is 2.29. The minimum Gasteiger partial charge on any atom is -0.394 e. The van der Waals surface area contributed by atoms with Gasteiger partial charge in [0.1, 0.15) is 5.82 Å². The monoisotopic (exact) mass is 342 g/mol. The number of amides is 2. The summed E-state index contributed by atoms with van der Waals surface area (Å²) in [6.07, 6.45) is 6.52. The molecule has 0 bridgehead atoms. The predicted octanol–water partition coefficient (Wildman–Crippen LogP) is 2.27. The lowest BCUT2D eigenvalue weighted by molar-refractivity contribution is 0.127. The quantitative estimate of drug-likeness (QED) is 0.791. The van der Waals surface area contributed by atoms with Crippen molar-refractivity contribution in [1.29, 1.82) is 0 Å². The molecule has 2 heterocycles. The molecule has 1 unspecified atom stereocenters. The van der Waals surface area contributed by atoms with Crippen molar-refractivity contribution in [3.05, 3.63) is 53.6 Å². The molecule has 134 valence electrons. The Bertz CT molecular complexity index is 713. The zero-order valence-electron chi connectivity index (χ0n) is 14.7. The van der Waals surface area contributed by atoms with E-state index < -0.39 is 0 Å². The summed E-state index contributed by atoms with van der Waals surface area (Å²) >= 11 is 0. The summed E-state index contributed by atoms with van der Waals surface area (Å²) in [4.78, 5) is 18.5. The Morgan fingerprint density at radius 1 is 1.36 bits per heavy atom. The lowest BCUT2D eigenvalue weighted by atomic mass is 9.93. The maximum Gasteiger partial charge on any atom is 0.318 e. The van der Waals surface area contributed by atoms with Crippen LogP contribution in [0.2, 0.25) is 0 Å². The van der Waals surface area contributed by atoms with Gasteiger partial charge in [-0.3, -0.25) is 0 Å². The zero-order valence-corrected chi connectivity index (χ0v) is 14.7. The van der Waals surface area contributed by atoms with Crippen molar-refractivity contribution in [3.63, 3.8) is 0 Å². The van der Waals surface area contributed by atoms with E-state index in [1.165, 1.54) is 5.56 Å². The van der Waals surface area contributed by atoms with Crippen LogP contribution in [0.3, 0.4) is 0 Å². The van der Waals surface area contributed by atoms with E-state index in [4.69, 9.17) is 0 Å². The van der Waals surface area contributed by atoms with Crippen LogP contribution in [0.15, 0.2) is 36.7 Å². The van der Waals surface area contributed by atoms with Gasteiger partial charge in [-0.25, -0.2) is 9.78 Å². The van der Waals surface area contributed by atoms with E-state index in [1.54, 1.807) is 11.1 Å². The summed E-state index contributed by atoms with van der Waals surface area (Å²) < 4.78 is 2.12. The van der Waals surface area contributed by atoms with Crippen molar-refractivity contribution in [2.75, 3.05) is 19.7 Å². The van der Waals surface area contributed by atoms with E-state index in [2.05, 4.69) is 20.9 Å². The number of nitrogens with zero attached hydrogens (tertiary/aromatic N) is 3. The standard InChI is InChI=1S/C19H26N4O2/c1-15-20-10-13-22(15)11-5-4-9-21-19(25)23-12-8-16-6-2-3-7-17(16)18(23)14-24/h2-3,6-7,10,13,18,24H,4-5,8-9,11-12,14H2,1H3,(H,21,25). The minimum absolute atomic E-state index is 0.0513. The first-order chi connectivity index (χ1) is 12.2. The third-order valence-corrected chi connectivity index (χ3v) is 4.87. The molecule has 0 saturated heterocycles. The third kappa shape index (κ3) is 4.02. The van der Waals surface area contributed by atoms with E-state index in [0.717, 1.165) is 37.2 Å². The van der Waals surface area contributed by atoms with Crippen LogP contribution in [-0.2, 0) is 13.0 Å². The molecule has 0 spiro atoms. The average molecular weight is 342 g/mol. The molecule has 2 amide bonds. The molecule has 1 aromatic heterocycles. The van der Waals surface area contributed by atoms with Gasteiger partial charge < -0.3 is 19.9 Å². The van der Waals surface area contributed by atoms with Gasteiger partial charge in [0, 0.05) is 32.0 Å². The molecule has 0 aliphatic carbocycles. The fourth-order valence-corrected chi connectivity index (χ4v) is 3.44. The molecule has 1 aliphatic rings. The molecule has 1 atom stereocenters. The molecule has 0 fully saturated rings. The molecule has 2 N–H and O–H groups in total. The lowest BCUT2D eigenvalue weighted by Crippen LogP contribution is -2.47. The highest BCUT2D eigenvalue weighted by atomic mass is 16.3. The number of hydrogen-bond acceptors (Lipinski definition) is 3. The van der Waals surface area contributed by atoms with E-state index in [-0.39, 0.29) is 18.7 Å². The van der Waals surface area contributed by atoms with Gasteiger partial charge in [-0.2, -0.15) is 0 Å². The first-order valence-corrected chi connectivity index (χ1v) is 8.91. The van der Waals surface area contributed by atoms with Crippen molar-refractivity contribution >= 4 is 6.03 Å². The molecular weight excluding hydrogens is 316 g/mol. The molecule has 0 radical (unpaired) electrons. The summed E-state index contributed by atoms with van der Waals surface area (Å²) in [5.74, 6) is 1.02. The Hall–Kier alpha value is -2.34. The van der Waals surface area contributed by atoms with E-state index in [0.29, 0.717) is 13.1 Å². The smallest absolute Gasteiger partial charge is 0.318 e. The number of aliphatic hydroxyl groups is 1. The number of aliphatic hydroxyl groups excluding tert-OH is 1. The van der Waals surface area contributed by atoms with E-state index in [1.807, 2.05) is 31.3 Å². The van der Waals surface area contributed by atoms with Crippen molar-refractivity contribution < 1.29 is 9.90 Å². The number of hydrogen-bond donors (Lipinski definition) is 2. The second kappa shape index (κ2) is 8.16. The van der Waals surface area contributed by atoms with Crippen LogP contribution in [0.5, 0.6) is 0 Å². The number of rotatable bonds is 6. The SMILES string of the molecule is Cc1nccn1CCCCNC(=O)N1CCc2ccccc2C1CO. The minimum atomic E-state index is -0.251. The van der Waals surface area contributed by atoms with Gasteiger partial charge in [0.25, 0.3) is 0 Å². The van der Waals surface area contributed by atoms with Crippen LogP contribution in [0.4, 0.5) is 4.79 Å². The highest BCUT2D eigenvalue weighted by Gasteiger charge is 2.29. The van der Waals surface area contributed by atoms with Crippen LogP contribution < -0.4 is 5.32 Å². The first kappa shape index (κ1) is 17.5. The summed E-state index contributed by atoms with van der Waals surface area (Å²) in [7, 11) is 0. The van der Waals surface area contributed by atoms with Crippen LogP contribution in [-0.4, -0.2) is 45.3 Å².